The van der Waals surface area contributed by atoms with Crippen LogP contribution >= 0.6 is 0 Å². The van der Waals surface area contributed by atoms with E-state index in [0.717, 1.165) is 5.56 Å². The smallest absolute Gasteiger partial charge is 0.188 e. The molecule has 1 aromatic carbocycles. The van der Waals surface area contributed by atoms with E-state index in [1.807, 2.05) is 46.8 Å². The predicted octanol–water partition coefficient (Wildman–Crippen LogP) is 4.95. The molecule has 0 aliphatic heterocycles. The van der Waals surface area contributed by atoms with Crippen LogP contribution in [0.15, 0.2) is 36.5 Å². The van der Waals surface area contributed by atoms with Gasteiger partial charge in [0.2, 0.25) is 0 Å². The topological polar surface area (TPSA) is 20.3 Å². The van der Waals surface area contributed by atoms with E-state index in [2.05, 4.69) is 6.58 Å². The number of nitrogens with zero attached hydrogens (tertiary/aromatic N) is 1. The molecule has 1 atom stereocenters. The standard InChI is InChI=1S/C15H20FNO.C2H6/c1-10(2)14(17(16)11(3)4)15(18)13-8-6-12(5)7-9-13;1-2/h6-10,14H,3H2,1-2,4-5H3;1-2H3. The zero-order chi connectivity index (χ0) is 15.9. The Labute approximate surface area is 122 Å². The lowest BCUT2D eigenvalue weighted by Crippen LogP contribution is -2.39. The average molecular weight is 279 g/mol. The number of benzene rings is 1. The van der Waals surface area contributed by atoms with Crippen molar-refractivity contribution in [2.45, 2.75) is 47.6 Å². The minimum atomic E-state index is -0.815. The number of allylic oxidation sites excluding steroid dienone is 1. The Hall–Kier alpha value is -1.64. The Morgan fingerprint density at radius 3 is 2.00 bits per heavy atom. The third-order valence-corrected chi connectivity index (χ3v) is 2.85. The lowest BCUT2D eigenvalue weighted by Gasteiger charge is -2.27. The van der Waals surface area contributed by atoms with Crippen molar-refractivity contribution in [3.05, 3.63) is 47.7 Å². The van der Waals surface area contributed by atoms with Crippen LogP contribution in [0, 0.1) is 12.8 Å². The van der Waals surface area contributed by atoms with Crippen LogP contribution in [0.4, 0.5) is 4.48 Å². The third-order valence-electron chi connectivity index (χ3n) is 2.85. The highest BCUT2D eigenvalue weighted by molar-refractivity contribution is 6.00. The number of carbonyl (C=O) groups is 1. The maximum absolute atomic E-state index is 14.0. The van der Waals surface area contributed by atoms with E-state index in [9.17, 15) is 9.28 Å². The number of ketones is 1. The molecule has 1 unspecified atom stereocenters. The molecule has 0 heterocycles. The van der Waals surface area contributed by atoms with Gasteiger partial charge in [0.15, 0.2) is 5.78 Å². The van der Waals surface area contributed by atoms with Gasteiger partial charge < -0.3 is 0 Å². The summed E-state index contributed by atoms with van der Waals surface area (Å²) in [7, 11) is 0. The fourth-order valence-electron chi connectivity index (χ4n) is 1.79. The summed E-state index contributed by atoms with van der Waals surface area (Å²) in [5.41, 5.74) is 1.85. The fourth-order valence-corrected chi connectivity index (χ4v) is 1.79. The zero-order valence-corrected chi connectivity index (χ0v) is 13.4. The Bertz CT molecular complexity index is 437. The lowest BCUT2D eigenvalue weighted by molar-refractivity contribution is 0.00545. The molecule has 0 amide bonds. The number of carbonyl (C=O) groups excluding carboxylic acids is 1. The van der Waals surface area contributed by atoms with Gasteiger partial charge in [-0.25, -0.2) is 5.12 Å². The summed E-state index contributed by atoms with van der Waals surface area (Å²) >= 11 is 0. The molecule has 1 rings (SSSR count). The monoisotopic (exact) mass is 279 g/mol. The average Bonchev–Trinajstić information content (AvgIpc) is 2.41. The van der Waals surface area contributed by atoms with Gasteiger partial charge in [0, 0.05) is 11.3 Å². The van der Waals surface area contributed by atoms with Crippen molar-refractivity contribution < 1.29 is 9.28 Å². The molecule has 0 radical (unpaired) electrons. The summed E-state index contributed by atoms with van der Waals surface area (Å²) in [5, 5.41) is 0.465. The Morgan fingerprint density at radius 1 is 1.20 bits per heavy atom. The van der Waals surface area contributed by atoms with Crippen LogP contribution in [0.2, 0.25) is 0 Å². The van der Waals surface area contributed by atoms with Gasteiger partial charge in [-0.2, -0.15) is 0 Å². The second kappa shape index (κ2) is 8.51. The van der Waals surface area contributed by atoms with Crippen LogP contribution in [0.25, 0.3) is 0 Å². The van der Waals surface area contributed by atoms with Gasteiger partial charge in [-0.05, 0) is 19.8 Å². The fraction of sp³-hybridized carbons (Fsp3) is 0.471. The van der Waals surface area contributed by atoms with E-state index in [0.29, 0.717) is 10.7 Å². The van der Waals surface area contributed by atoms with Crippen molar-refractivity contribution in [2.24, 2.45) is 5.92 Å². The number of hydrogen-bond donors (Lipinski definition) is 0. The van der Waals surface area contributed by atoms with Crippen LogP contribution in [-0.2, 0) is 0 Å². The molecule has 0 aliphatic rings. The Morgan fingerprint density at radius 2 is 1.65 bits per heavy atom. The molecule has 0 saturated heterocycles. The van der Waals surface area contributed by atoms with Crippen LogP contribution in [0.3, 0.4) is 0 Å². The molecule has 0 fully saturated rings. The first-order chi connectivity index (χ1) is 9.34. The van der Waals surface area contributed by atoms with Crippen molar-refractivity contribution in [3.8, 4) is 0 Å². The van der Waals surface area contributed by atoms with E-state index in [4.69, 9.17) is 0 Å². The van der Waals surface area contributed by atoms with Crippen LogP contribution in [-0.4, -0.2) is 16.9 Å². The maximum Gasteiger partial charge on any atom is 0.188 e. The summed E-state index contributed by atoms with van der Waals surface area (Å²) in [6, 6.07) is 6.37. The van der Waals surface area contributed by atoms with Crippen molar-refractivity contribution in [2.75, 3.05) is 0 Å². The Kier molecular flexibility index (Phi) is 7.82. The highest BCUT2D eigenvalue weighted by Gasteiger charge is 2.30. The van der Waals surface area contributed by atoms with Gasteiger partial charge in [-0.1, -0.05) is 68.6 Å². The van der Waals surface area contributed by atoms with Gasteiger partial charge in [0.1, 0.15) is 6.04 Å². The number of hydrogen-bond acceptors (Lipinski definition) is 2. The first-order valence-electron chi connectivity index (χ1n) is 7.06. The number of aryl methyl sites for hydroxylation is 1. The largest absolute Gasteiger partial charge is 0.292 e. The van der Waals surface area contributed by atoms with Gasteiger partial charge in [-0.15, -0.1) is 0 Å². The van der Waals surface area contributed by atoms with E-state index in [-0.39, 0.29) is 17.4 Å². The minimum Gasteiger partial charge on any atom is -0.292 e. The molecule has 0 aromatic heterocycles. The summed E-state index contributed by atoms with van der Waals surface area (Å²) < 4.78 is 14.0. The quantitative estimate of drug-likeness (QED) is 0.561. The molecule has 0 saturated carbocycles. The molecule has 112 valence electrons. The number of Topliss-reactive ketones (excluding diaryl/α,β-unsaturated/α-hetero) is 1. The highest BCUT2D eigenvalue weighted by Crippen LogP contribution is 2.20. The van der Waals surface area contributed by atoms with Gasteiger partial charge in [0.25, 0.3) is 0 Å². The summed E-state index contributed by atoms with van der Waals surface area (Å²) in [4.78, 5) is 12.3. The normalized spacial score (nSPS) is 11.4. The van der Waals surface area contributed by atoms with E-state index >= 15 is 0 Å². The molecule has 20 heavy (non-hydrogen) atoms. The second-order valence-electron chi connectivity index (χ2n) is 4.97. The second-order valence-corrected chi connectivity index (χ2v) is 4.97. The summed E-state index contributed by atoms with van der Waals surface area (Å²) in [5.74, 6) is -0.337. The number of halogens is 1. The van der Waals surface area contributed by atoms with Crippen molar-refractivity contribution in [1.82, 2.24) is 5.12 Å². The zero-order valence-electron chi connectivity index (χ0n) is 13.4. The molecule has 1 aromatic rings. The van der Waals surface area contributed by atoms with Crippen molar-refractivity contribution in [1.29, 1.82) is 0 Å². The highest BCUT2D eigenvalue weighted by atomic mass is 19.2. The molecular weight excluding hydrogens is 253 g/mol. The molecular formula is C17H26FNO. The molecule has 3 heteroatoms. The van der Waals surface area contributed by atoms with Crippen molar-refractivity contribution in [3.63, 3.8) is 0 Å². The molecule has 2 nitrogen and oxygen atoms in total. The van der Waals surface area contributed by atoms with E-state index < -0.39 is 6.04 Å². The maximum atomic E-state index is 14.0. The van der Waals surface area contributed by atoms with Crippen LogP contribution in [0.5, 0.6) is 0 Å². The van der Waals surface area contributed by atoms with Gasteiger partial charge in [0.05, 0.1) is 0 Å². The summed E-state index contributed by atoms with van der Waals surface area (Å²) in [6.45, 7) is 14.7. The van der Waals surface area contributed by atoms with Crippen molar-refractivity contribution >= 4 is 5.78 Å². The molecule has 0 spiro atoms. The van der Waals surface area contributed by atoms with Gasteiger partial charge in [-0.3, -0.25) is 4.79 Å². The lowest BCUT2D eigenvalue weighted by atomic mass is 9.94. The first kappa shape index (κ1) is 18.4. The Balaban J connectivity index is 0.00000172. The van der Waals surface area contributed by atoms with E-state index in [1.54, 1.807) is 19.1 Å². The van der Waals surface area contributed by atoms with Crippen LogP contribution < -0.4 is 0 Å². The first-order valence-corrected chi connectivity index (χ1v) is 7.06. The predicted molar refractivity (Wildman–Crippen MR) is 83.2 cm³/mol. The molecule has 0 bridgehead atoms. The van der Waals surface area contributed by atoms with Crippen LogP contribution in [0.1, 0.15) is 50.5 Å². The third kappa shape index (κ3) is 4.80. The minimum absolute atomic E-state index is 0.125. The molecule has 0 N–H and O–H groups in total. The van der Waals surface area contributed by atoms with Gasteiger partial charge >= 0.3 is 0 Å². The number of rotatable bonds is 5. The van der Waals surface area contributed by atoms with E-state index in [1.165, 1.54) is 0 Å². The summed E-state index contributed by atoms with van der Waals surface area (Å²) in [6.07, 6.45) is 0. The SMILES string of the molecule is C=C(C)N(F)C(C(=O)c1ccc(C)cc1)C(C)C.CC. The molecule has 0 aliphatic carbocycles.